The Morgan fingerprint density at radius 3 is 2.47 bits per heavy atom. The predicted molar refractivity (Wildman–Crippen MR) is 69.2 cm³/mol. The summed E-state index contributed by atoms with van der Waals surface area (Å²) in [6, 6.07) is 3.93. The van der Waals surface area contributed by atoms with Gasteiger partial charge in [-0.3, -0.25) is 0 Å². The van der Waals surface area contributed by atoms with Crippen molar-refractivity contribution in [3.05, 3.63) is 18.2 Å². The molecule has 1 aromatic carbocycles. The minimum absolute atomic E-state index is 0.0589. The highest BCUT2D eigenvalue weighted by Crippen LogP contribution is 2.30. The second-order valence-corrected chi connectivity index (χ2v) is 6.21. The van der Waals surface area contributed by atoms with Gasteiger partial charge < -0.3 is 11.1 Å². The van der Waals surface area contributed by atoms with Crippen molar-refractivity contribution in [2.45, 2.75) is 10.4 Å². The number of benzene rings is 1. The zero-order chi connectivity index (χ0) is 14.7. The Morgan fingerprint density at radius 2 is 1.95 bits per heavy atom. The minimum atomic E-state index is -4.31. The lowest BCUT2D eigenvalue weighted by Crippen LogP contribution is -2.17. The molecule has 5 nitrogen and oxygen atoms in total. The third-order valence-corrected chi connectivity index (χ3v) is 3.68. The van der Waals surface area contributed by atoms with Crippen LogP contribution >= 0.6 is 11.8 Å². The number of nitrogen functional groups attached to an aromatic ring is 1. The summed E-state index contributed by atoms with van der Waals surface area (Å²) in [5.74, 6) is -0.252. The fraction of sp³-hybridized carbons (Fsp3) is 0.333. The maximum atomic E-state index is 11.9. The molecule has 0 bridgehead atoms. The van der Waals surface area contributed by atoms with E-state index in [9.17, 15) is 21.6 Å². The van der Waals surface area contributed by atoms with Crippen LogP contribution in [0.15, 0.2) is 23.1 Å². The number of anilines is 2. The topological polar surface area (TPSA) is 98.2 Å². The number of halogens is 3. The zero-order valence-corrected chi connectivity index (χ0v) is 11.2. The van der Waals surface area contributed by atoms with Gasteiger partial charge in [-0.15, -0.1) is 0 Å². The Morgan fingerprint density at radius 1 is 1.32 bits per heavy atom. The molecule has 0 aliphatic carbocycles. The van der Waals surface area contributed by atoms with E-state index in [4.69, 9.17) is 10.9 Å². The number of nitrogens with two attached hydrogens (primary N) is 2. The number of rotatable bonds is 5. The van der Waals surface area contributed by atoms with Gasteiger partial charge in [0, 0.05) is 18.0 Å². The number of hydrogen-bond donors (Lipinski definition) is 3. The fourth-order valence-corrected chi connectivity index (χ4v) is 2.46. The molecule has 0 radical (unpaired) electrons. The van der Waals surface area contributed by atoms with Gasteiger partial charge in [-0.2, -0.15) is 13.2 Å². The molecule has 108 valence electrons. The molecular formula is C9H12F3N3O2S2. The number of sulfonamides is 1. The molecule has 1 aromatic rings. The predicted octanol–water partition coefficient (Wildman–Crippen LogP) is 1.58. The molecule has 0 atom stereocenters. The van der Waals surface area contributed by atoms with Gasteiger partial charge >= 0.3 is 5.51 Å². The first kappa shape index (κ1) is 15.9. The van der Waals surface area contributed by atoms with Crippen molar-refractivity contribution in [3.63, 3.8) is 0 Å². The van der Waals surface area contributed by atoms with E-state index in [1.165, 1.54) is 12.1 Å². The Labute approximate surface area is 112 Å². The van der Waals surface area contributed by atoms with E-state index < -0.39 is 15.5 Å². The summed E-state index contributed by atoms with van der Waals surface area (Å²) in [6.45, 7) is -0.0589. The Balaban J connectivity index is 2.74. The fourth-order valence-electron chi connectivity index (χ4n) is 1.27. The molecule has 10 heteroatoms. The monoisotopic (exact) mass is 315 g/mol. The van der Waals surface area contributed by atoms with Crippen LogP contribution in [0.5, 0.6) is 0 Å². The minimum Gasteiger partial charge on any atom is -0.399 e. The van der Waals surface area contributed by atoms with E-state index in [0.717, 1.165) is 6.07 Å². The van der Waals surface area contributed by atoms with Crippen molar-refractivity contribution in [3.8, 4) is 0 Å². The van der Waals surface area contributed by atoms with Crippen molar-refractivity contribution in [1.29, 1.82) is 0 Å². The zero-order valence-electron chi connectivity index (χ0n) is 9.57. The molecule has 0 amide bonds. The largest absolute Gasteiger partial charge is 0.441 e. The van der Waals surface area contributed by atoms with Crippen LogP contribution in [0.3, 0.4) is 0 Å². The standard InChI is InChI=1S/C9H12F3N3O2S2/c10-9(11,12)18-4-3-15-7-2-1-6(13)5-8(7)19(14,16)17/h1-2,5,15H,3-4,13H2,(H2,14,16,17). The third-order valence-electron chi connectivity index (χ3n) is 2.00. The molecule has 0 unspecified atom stereocenters. The van der Waals surface area contributed by atoms with Gasteiger partial charge in [-0.1, -0.05) is 0 Å². The smallest absolute Gasteiger partial charge is 0.399 e. The third kappa shape index (κ3) is 5.57. The van der Waals surface area contributed by atoms with E-state index in [1.54, 1.807) is 0 Å². The average Bonchev–Trinajstić information content (AvgIpc) is 2.23. The number of nitrogens with one attached hydrogen (secondary N) is 1. The van der Waals surface area contributed by atoms with Gasteiger partial charge in [-0.25, -0.2) is 13.6 Å². The van der Waals surface area contributed by atoms with E-state index in [-0.39, 0.29) is 40.3 Å². The maximum Gasteiger partial charge on any atom is 0.441 e. The van der Waals surface area contributed by atoms with Gasteiger partial charge in [0.15, 0.2) is 0 Å². The maximum absolute atomic E-state index is 11.9. The first-order chi connectivity index (χ1) is 8.59. The average molecular weight is 315 g/mol. The number of hydrogen-bond acceptors (Lipinski definition) is 5. The lowest BCUT2D eigenvalue weighted by atomic mass is 10.3. The molecule has 0 spiro atoms. The van der Waals surface area contributed by atoms with Crippen molar-refractivity contribution < 1.29 is 21.6 Å². The molecule has 0 aromatic heterocycles. The summed E-state index contributed by atoms with van der Waals surface area (Å²) in [7, 11) is -3.99. The summed E-state index contributed by atoms with van der Waals surface area (Å²) < 4.78 is 58.3. The van der Waals surface area contributed by atoms with Crippen LogP contribution in [-0.4, -0.2) is 26.2 Å². The van der Waals surface area contributed by atoms with Gasteiger partial charge in [0.25, 0.3) is 0 Å². The summed E-state index contributed by atoms with van der Waals surface area (Å²) in [5, 5.41) is 7.58. The normalized spacial score (nSPS) is 12.4. The summed E-state index contributed by atoms with van der Waals surface area (Å²) in [4.78, 5) is -0.246. The van der Waals surface area contributed by atoms with Crippen LogP contribution in [0.1, 0.15) is 0 Å². The molecule has 0 aliphatic rings. The van der Waals surface area contributed by atoms with Crippen LogP contribution in [-0.2, 0) is 10.0 Å². The number of thioether (sulfide) groups is 1. The van der Waals surface area contributed by atoms with E-state index in [0.29, 0.717) is 0 Å². The SMILES string of the molecule is Nc1ccc(NCCSC(F)(F)F)c(S(N)(=O)=O)c1. The second-order valence-electron chi connectivity index (χ2n) is 3.52. The molecule has 0 heterocycles. The Bertz CT molecular complexity index is 546. The highest BCUT2D eigenvalue weighted by atomic mass is 32.2. The summed E-state index contributed by atoms with van der Waals surface area (Å²) in [5.41, 5.74) is 1.44. The lowest BCUT2D eigenvalue weighted by molar-refractivity contribution is -0.0327. The molecule has 1 rings (SSSR count). The van der Waals surface area contributed by atoms with Crippen LogP contribution in [0.4, 0.5) is 24.5 Å². The molecule has 0 saturated carbocycles. The molecule has 19 heavy (non-hydrogen) atoms. The molecule has 0 saturated heterocycles. The van der Waals surface area contributed by atoms with Crippen LogP contribution in [0.25, 0.3) is 0 Å². The Hall–Kier alpha value is -1.13. The second kappa shape index (κ2) is 5.88. The van der Waals surface area contributed by atoms with Crippen molar-refractivity contribution in [2.24, 2.45) is 5.14 Å². The first-order valence-electron chi connectivity index (χ1n) is 4.96. The number of alkyl halides is 3. The quantitative estimate of drug-likeness (QED) is 0.566. The van der Waals surface area contributed by atoms with Crippen molar-refractivity contribution in [2.75, 3.05) is 23.3 Å². The van der Waals surface area contributed by atoms with E-state index >= 15 is 0 Å². The van der Waals surface area contributed by atoms with Gasteiger partial charge in [0.1, 0.15) is 4.90 Å². The van der Waals surface area contributed by atoms with Crippen LogP contribution in [0, 0.1) is 0 Å². The highest BCUT2D eigenvalue weighted by molar-refractivity contribution is 8.00. The number of primary sulfonamides is 1. The van der Waals surface area contributed by atoms with Gasteiger partial charge in [-0.05, 0) is 30.0 Å². The Kier molecular flexibility index (Phi) is 4.93. The van der Waals surface area contributed by atoms with Crippen molar-refractivity contribution >= 4 is 33.2 Å². The van der Waals surface area contributed by atoms with E-state index in [2.05, 4.69) is 5.32 Å². The van der Waals surface area contributed by atoms with Crippen molar-refractivity contribution in [1.82, 2.24) is 0 Å². The highest BCUT2D eigenvalue weighted by Gasteiger charge is 2.27. The summed E-state index contributed by atoms with van der Waals surface area (Å²) in [6.07, 6.45) is 0. The van der Waals surface area contributed by atoms with Gasteiger partial charge in [0.2, 0.25) is 10.0 Å². The van der Waals surface area contributed by atoms with E-state index in [1.807, 2.05) is 0 Å². The first-order valence-corrected chi connectivity index (χ1v) is 7.50. The summed E-state index contributed by atoms with van der Waals surface area (Å²) >= 11 is -0.199. The molecular weight excluding hydrogens is 303 g/mol. The van der Waals surface area contributed by atoms with Crippen LogP contribution in [0.2, 0.25) is 0 Å². The lowest BCUT2D eigenvalue weighted by Gasteiger charge is -2.12. The molecule has 5 N–H and O–H groups in total. The molecule has 0 aliphatic heterocycles. The molecule has 0 fully saturated rings. The van der Waals surface area contributed by atoms with Crippen LogP contribution < -0.4 is 16.2 Å². The van der Waals surface area contributed by atoms with Gasteiger partial charge in [0.05, 0.1) is 5.69 Å².